The molecule has 0 saturated carbocycles. The molecule has 0 amide bonds. The van der Waals surface area contributed by atoms with E-state index in [1.54, 1.807) is 0 Å². The second-order valence-electron chi connectivity index (χ2n) is 4.37. The van der Waals surface area contributed by atoms with E-state index in [4.69, 9.17) is 0 Å². The van der Waals surface area contributed by atoms with Crippen molar-refractivity contribution < 1.29 is 0 Å². The van der Waals surface area contributed by atoms with Crippen LogP contribution >= 0.6 is 31.9 Å². The fourth-order valence-corrected chi connectivity index (χ4v) is 2.83. The third-order valence-corrected chi connectivity index (χ3v) is 4.10. The van der Waals surface area contributed by atoms with Gasteiger partial charge in [-0.2, -0.15) is 0 Å². The topological polar surface area (TPSA) is 15.3 Å². The maximum absolute atomic E-state index is 3.60. The quantitative estimate of drug-likeness (QED) is 0.877. The van der Waals surface area contributed by atoms with Gasteiger partial charge in [-0.05, 0) is 60.6 Å². The lowest BCUT2D eigenvalue weighted by molar-refractivity contribution is 0.261. The Labute approximate surface area is 114 Å². The molecule has 1 atom stereocenters. The minimum atomic E-state index is 0.560. The lowest BCUT2D eigenvalue weighted by Crippen LogP contribution is -2.39. The van der Waals surface area contributed by atoms with Crippen molar-refractivity contribution in [2.24, 2.45) is 0 Å². The fraction of sp³-hybridized carbons (Fsp3) is 0.500. The van der Waals surface area contributed by atoms with Gasteiger partial charge in [0.2, 0.25) is 0 Å². The minimum Gasteiger partial charge on any atom is -0.380 e. The van der Waals surface area contributed by atoms with Gasteiger partial charge in [0.15, 0.2) is 0 Å². The molecule has 1 aliphatic heterocycles. The van der Waals surface area contributed by atoms with Crippen molar-refractivity contribution >= 4 is 37.5 Å². The molecule has 0 spiro atoms. The van der Waals surface area contributed by atoms with Gasteiger partial charge in [0, 0.05) is 27.2 Å². The number of halogens is 2. The SMILES string of the molecule is CN1CCCC(Nc2cc(Br)ccc2Br)C1. The van der Waals surface area contributed by atoms with Crippen molar-refractivity contribution in [2.45, 2.75) is 18.9 Å². The maximum atomic E-state index is 3.60. The summed E-state index contributed by atoms with van der Waals surface area (Å²) < 4.78 is 2.24. The summed E-state index contributed by atoms with van der Waals surface area (Å²) >= 11 is 7.08. The Morgan fingerprint density at radius 2 is 2.19 bits per heavy atom. The molecule has 1 heterocycles. The number of anilines is 1. The summed E-state index contributed by atoms with van der Waals surface area (Å²) in [7, 11) is 2.18. The summed E-state index contributed by atoms with van der Waals surface area (Å²) in [5.74, 6) is 0. The third-order valence-electron chi connectivity index (χ3n) is 2.91. The van der Waals surface area contributed by atoms with Gasteiger partial charge < -0.3 is 10.2 Å². The van der Waals surface area contributed by atoms with Gasteiger partial charge in [-0.15, -0.1) is 0 Å². The smallest absolute Gasteiger partial charge is 0.0498 e. The van der Waals surface area contributed by atoms with Crippen LogP contribution in [0.1, 0.15) is 12.8 Å². The van der Waals surface area contributed by atoms with Crippen LogP contribution in [0.15, 0.2) is 27.1 Å². The predicted octanol–water partition coefficient (Wildman–Crippen LogP) is 3.72. The molecule has 1 N–H and O–H groups in total. The number of nitrogens with zero attached hydrogens (tertiary/aromatic N) is 1. The average molecular weight is 348 g/mol. The highest BCUT2D eigenvalue weighted by Crippen LogP contribution is 2.27. The highest BCUT2D eigenvalue weighted by molar-refractivity contribution is 9.11. The van der Waals surface area contributed by atoms with E-state index < -0.39 is 0 Å². The standard InChI is InChI=1S/C12H16Br2N2/c1-16-6-2-3-10(8-16)15-12-7-9(13)4-5-11(12)14/h4-5,7,10,15H,2-3,6,8H2,1H3. The summed E-state index contributed by atoms with van der Waals surface area (Å²) in [5.41, 5.74) is 1.18. The first-order valence-electron chi connectivity index (χ1n) is 5.55. The molecule has 4 heteroatoms. The zero-order valence-electron chi connectivity index (χ0n) is 9.34. The lowest BCUT2D eigenvalue weighted by atomic mass is 10.1. The van der Waals surface area contributed by atoms with Crippen molar-refractivity contribution in [3.05, 3.63) is 27.1 Å². The third kappa shape index (κ3) is 3.22. The average Bonchev–Trinajstić information content (AvgIpc) is 2.24. The molecule has 88 valence electrons. The second kappa shape index (κ2) is 5.52. The van der Waals surface area contributed by atoms with Crippen LogP contribution in [0.25, 0.3) is 0 Å². The number of likely N-dealkylation sites (N-methyl/N-ethyl adjacent to an activating group) is 1. The van der Waals surface area contributed by atoms with Crippen molar-refractivity contribution in [3.8, 4) is 0 Å². The molecule has 1 aromatic carbocycles. The van der Waals surface area contributed by atoms with Gasteiger partial charge in [-0.3, -0.25) is 0 Å². The van der Waals surface area contributed by atoms with E-state index in [9.17, 15) is 0 Å². The number of nitrogens with one attached hydrogen (secondary N) is 1. The number of benzene rings is 1. The number of hydrogen-bond acceptors (Lipinski definition) is 2. The zero-order valence-corrected chi connectivity index (χ0v) is 12.5. The summed E-state index contributed by atoms with van der Waals surface area (Å²) in [5, 5.41) is 3.60. The molecule has 0 radical (unpaired) electrons. The van der Waals surface area contributed by atoms with Gasteiger partial charge in [-0.1, -0.05) is 15.9 Å². The van der Waals surface area contributed by atoms with E-state index in [0.717, 1.165) is 15.5 Å². The molecule has 2 rings (SSSR count). The lowest BCUT2D eigenvalue weighted by Gasteiger charge is -2.31. The molecule has 0 aliphatic carbocycles. The van der Waals surface area contributed by atoms with E-state index in [0.29, 0.717) is 6.04 Å². The molecule has 1 saturated heterocycles. The normalized spacial score (nSPS) is 22.1. The molecular weight excluding hydrogens is 332 g/mol. The van der Waals surface area contributed by atoms with Gasteiger partial charge in [0.05, 0.1) is 0 Å². The van der Waals surface area contributed by atoms with Crippen molar-refractivity contribution in [1.82, 2.24) is 4.90 Å². The Morgan fingerprint density at radius 3 is 2.94 bits per heavy atom. The van der Waals surface area contributed by atoms with Crippen LogP contribution in [0.2, 0.25) is 0 Å². The molecule has 1 aliphatic rings. The summed E-state index contributed by atoms with van der Waals surface area (Å²) in [6, 6.07) is 6.80. The molecule has 1 fully saturated rings. The van der Waals surface area contributed by atoms with Crippen LogP contribution in [0, 0.1) is 0 Å². The van der Waals surface area contributed by atoms with Crippen LogP contribution in [0.4, 0.5) is 5.69 Å². The first kappa shape index (κ1) is 12.4. The van der Waals surface area contributed by atoms with Crippen molar-refractivity contribution in [1.29, 1.82) is 0 Å². The Balaban J connectivity index is 2.05. The van der Waals surface area contributed by atoms with Crippen LogP contribution in [0.5, 0.6) is 0 Å². The van der Waals surface area contributed by atoms with Crippen molar-refractivity contribution in [2.75, 3.05) is 25.5 Å². The van der Waals surface area contributed by atoms with Gasteiger partial charge in [0.1, 0.15) is 0 Å². The Morgan fingerprint density at radius 1 is 1.38 bits per heavy atom. The Kier molecular flexibility index (Phi) is 4.27. The first-order chi connectivity index (χ1) is 7.65. The van der Waals surface area contributed by atoms with Crippen molar-refractivity contribution in [3.63, 3.8) is 0 Å². The van der Waals surface area contributed by atoms with E-state index in [1.165, 1.54) is 25.1 Å². The van der Waals surface area contributed by atoms with E-state index in [1.807, 2.05) is 6.07 Å². The van der Waals surface area contributed by atoms with Crippen LogP contribution in [-0.2, 0) is 0 Å². The summed E-state index contributed by atoms with van der Waals surface area (Å²) in [6.07, 6.45) is 2.53. The highest BCUT2D eigenvalue weighted by atomic mass is 79.9. The molecule has 0 bridgehead atoms. The molecule has 1 unspecified atom stereocenters. The fourth-order valence-electron chi connectivity index (χ4n) is 2.11. The number of hydrogen-bond donors (Lipinski definition) is 1. The Bertz CT molecular complexity index is 368. The Hall–Kier alpha value is -0.0600. The van der Waals surface area contributed by atoms with Crippen LogP contribution in [-0.4, -0.2) is 31.1 Å². The summed E-state index contributed by atoms with van der Waals surface area (Å²) in [6.45, 7) is 2.34. The van der Waals surface area contributed by atoms with Crippen LogP contribution < -0.4 is 5.32 Å². The zero-order chi connectivity index (χ0) is 11.5. The van der Waals surface area contributed by atoms with Crippen LogP contribution in [0.3, 0.4) is 0 Å². The monoisotopic (exact) mass is 346 g/mol. The minimum absolute atomic E-state index is 0.560. The largest absolute Gasteiger partial charge is 0.380 e. The molecule has 2 nitrogen and oxygen atoms in total. The first-order valence-corrected chi connectivity index (χ1v) is 7.14. The number of rotatable bonds is 2. The van der Waals surface area contributed by atoms with Gasteiger partial charge in [0.25, 0.3) is 0 Å². The molecule has 0 aromatic heterocycles. The van der Waals surface area contributed by atoms with E-state index in [-0.39, 0.29) is 0 Å². The van der Waals surface area contributed by atoms with Gasteiger partial charge in [-0.25, -0.2) is 0 Å². The summed E-state index contributed by atoms with van der Waals surface area (Å²) in [4.78, 5) is 2.38. The molecular formula is C12H16Br2N2. The van der Waals surface area contributed by atoms with E-state index >= 15 is 0 Å². The van der Waals surface area contributed by atoms with E-state index in [2.05, 4.69) is 61.3 Å². The number of piperidine rings is 1. The highest BCUT2D eigenvalue weighted by Gasteiger charge is 2.17. The number of likely N-dealkylation sites (tertiary alicyclic amines) is 1. The molecule has 1 aromatic rings. The predicted molar refractivity (Wildman–Crippen MR) is 76.0 cm³/mol. The van der Waals surface area contributed by atoms with Gasteiger partial charge >= 0.3 is 0 Å². The second-order valence-corrected chi connectivity index (χ2v) is 6.14. The maximum Gasteiger partial charge on any atom is 0.0498 e. The molecule has 16 heavy (non-hydrogen) atoms.